The Balaban J connectivity index is 2.10. The largest absolute Gasteiger partial charge is 0.480 e. The number of carbonyl (C=O) groups is 1. The molecule has 2 rings (SSSR count). The van der Waals surface area contributed by atoms with E-state index in [0.29, 0.717) is 26.1 Å². The molecule has 0 aliphatic carbocycles. The smallest absolute Gasteiger partial charge is 0.320 e. The molecule has 1 fully saturated rings. The van der Waals surface area contributed by atoms with Gasteiger partial charge < -0.3 is 9.84 Å². The van der Waals surface area contributed by atoms with Crippen molar-refractivity contribution < 1.29 is 19.0 Å². The molecule has 0 saturated carbocycles. The quantitative estimate of drug-likeness (QED) is 0.907. The number of ether oxygens (including phenoxy) is 1. The van der Waals surface area contributed by atoms with Crippen LogP contribution in [-0.2, 0) is 9.53 Å². The van der Waals surface area contributed by atoms with Crippen molar-refractivity contribution in [2.75, 3.05) is 19.7 Å². The van der Waals surface area contributed by atoms with E-state index in [4.69, 9.17) is 4.74 Å². The Morgan fingerprint density at radius 2 is 2.42 bits per heavy atom. The molecule has 1 aliphatic heterocycles. The Labute approximate surface area is 111 Å². The molecular formula is C14H18FNO3. The second kappa shape index (κ2) is 6.12. The molecule has 1 saturated heterocycles. The summed E-state index contributed by atoms with van der Waals surface area (Å²) in [7, 11) is 0. The minimum Gasteiger partial charge on any atom is -0.480 e. The highest BCUT2D eigenvalue weighted by Gasteiger charge is 2.30. The SMILES string of the molecule is CC[C@H](C(=O)O)N1CCO[C@H](c2cccc(F)c2)C1. The summed E-state index contributed by atoms with van der Waals surface area (Å²) in [4.78, 5) is 13.1. The van der Waals surface area contributed by atoms with E-state index in [0.717, 1.165) is 5.56 Å². The maximum atomic E-state index is 13.2. The average molecular weight is 267 g/mol. The third kappa shape index (κ3) is 3.30. The van der Waals surface area contributed by atoms with Crippen LogP contribution in [-0.4, -0.2) is 41.7 Å². The fourth-order valence-corrected chi connectivity index (χ4v) is 2.45. The summed E-state index contributed by atoms with van der Waals surface area (Å²) in [5, 5.41) is 9.18. The first-order chi connectivity index (χ1) is 9.11. The van der Waals surface area contributed by atoms with Gasteiger partial charge in [-0.25, -0.2) is 4.39 Å². The maximum absolute atomic E-state index is 13.2. The van der Waals surface area contributed by atoms with Crippen molar-refractivity contribution in [3.05, 3.63) is 35.6 Å². The molecule has 4 nitrogen and oxygen atoms in total. The van der Waals surface area contributed by atoms with Gasteiger partial charge in [-0.2, -0.15) is 0 Å². The fourth-order valence-electron chi connectivity index (χ4n) is 2.45. The minimum absolute atomic E-state index is 0.266. The second-order valence-electron chi connectivity index (χ2n) is 4.67. The lowest BCUT2D eigenvalue weighted by Crippen LogP contribution is -2.48. The lowest BCUT2D eigenvalue weighted by atomic mass is 10.1. The van der Waals surface area contributed by atoms with E-state index < -0.39 is 12.0 Å². The predicted molar refractivity (Wildman–Crippen MR) is 68.4 cm³/mol. The van der Waals surface area contributed by atoms with Crippen LogP contribution < -0.4 is 0 Å². The van der Waals surface area contributed by atoms with E-state index in [2.05, 4.69) is 0 Å². The van der Waals surface area contributed by atoms with Crippen molar-refractivity contribution in [3.63, 3.8) is 0 Å². The molecule has 0 amide bonds. The molecule has 19 heavy (non-hydrogen) atoms. The minimum atomic E-state index is -0.817. The van der Waals surface area contributed by atoms with Crippen LogP contribution in [0.4, 0.5) is 4.39 Å². The van der Waals surface area contributed by atoms with Crippen LogP contribution in [0.2, 0.25) is 0 Å². The first-order valence-electron chi connectivity index (χ1n) is 6.45. The van der Waals surface area contributed by atoms with Crippen molar-refractivity contribution >= 4 is 5.97 Å². The molecular weight excluding hydrogens is 249 g/mol. The van der Waals surface area contributed by atoms with Crippen LogP contribution >= 0.6 is 0 Å². The molecule has 2 atom stereocenters. The molecule has 1 aliphatic rings. The first-order valence-corrected chi connectivity index (χ1v) is 6.45. The molecule has 0 aromatic heterocycles. The fraction of sp³-hybridized carbons (Fsp3) is 0.500. The Morgan fingerprint density at radius 1 is 1.63 bits per heavy atom. The zero-order chi connectivity index (χ0) is 13.8. The van der Waals surface area contributed by atoms with Crippen LogP contribution in [0.25, 0.3) is 0 Å². The van der Waals surface area contributed by atoms with Gasteiger partial charge in [0.1, 0.15) is 11.9 Å². The third-order valence-electron chi connectivity index (χ3n) is 3.43. The molecule has 1 aromatic rings. The summed E-state index contributed by atoms with van der Waals surface area (Å²) in [5.74, 6) is -1.12. The van der Waals surface area contributed by atoms with Crippen LogP contribution in [0.5, 0.6) is 0 Å². The van der Waals surface area contributed by atoms with Crippen molar-refractivity contribution in [1.29, 1.82) is 0 Å². The second-order valence-corrected chi connectivity index (χ2v) is 4.67. The topological polar surface area (TPSA) is 49.8 Å². The molecule has 0 radical (unpaired) electrons. The normalized spacial score (nSPS) is 22.1. The number of rotatable bonds is 4. The van der Waals surface area contributed by atoms with Crippen LogP contribution in [0.1, 0.15) is 25.0 Å². The van der Waals surface area contributed by atoms with Gasteiger partial charge in [0.25, 0.3) is 0 Å². The molecule has 0 unspecified atom stereocenters. The summed E-state index contributed by atoms with van der Waals surface area (Å²) in [6.07, 6.45) is 0.281. The van der Waals surface area contributed by atoms with Gasteiger partial charge in [-0.05, 0) is 24.1 Å². The summed E-state index contributed by atoms with van der Waals surface area (Å²) in [5.41, 5.74) is 0.755. The van der Waals surface area contributed by atoms with Gasteiger partial charge in [-0.3, -0.25) is 9.69 Å². The Morgan fingerprint density at radius 3 is 3.05 bits per heavy atom. The van der Waals surface area contributed by atoms with Crippen molar-refractivity contribution in [1.82, 2.24) is 4.90 Å². The van der Waals surface area contributed by atoms with Crippen molar-refractivity contribution in [2.45, 2.75) is 25.5 Å². The molecule has 1 aromatic carbocycles. The number of carboxylic acids is 1. The van der Waals surface area contributed by atoms with Crippen LogP contribution in [0.3, 0.4) is 0 Å². The number of aliphatic carboxylic acids is 1. The van der Waals surface area contributed by atoms with Gasteiger partial charge in [0, 0.05) is 13.1 Å². The van der Waals surface area contributed by atoms with Gasteiger partial charge >= 0.3 is 5.97 Å². The molecule has 0 bridgehead atoms. The van der Waals surface area contributed by atoms with Gasteiger partial charge in [-0.15, -0.1) is 0 Å². The van der Waals surface area contributed by atoms with Crippen LogP contribution in [0.15, 0.2) is 24.3 Å². The van der Waals surface area contributed by atoms with E-state index in [1.807, 2.05) is 11.8 Å². The van der Waals surface area contributed by atoms with E-state index in [9.17, 15) is 14.3 Å². The molecule has 0 spiro atoms. The van der Waals surface area contributed by atoms with Gasteiger partial charge in [0.15, 0.2) is 0 Å². The zero-order valence-corrected chi connectivity index (χ0v) is 10.9. The summed E-state index contributed by atoms with van der Waals surface area (Å²) in [6, 6.07) is 5.77. The average Bonchev–Trinajstić information content (AvgIpc) is 2.39. The van der Waals surface area contributed by atoms with E-state index in [1.54, 1.807) is 12.1 Å². The molecule has 5 heteroatoms. The third-order valence-corrected chi connectivity index (χ3v) is 3.43. The Bertz CT molecular complexity index is 452. The number of nitrogens with zero attached hydrogens (tertiary/aromatic N) is 1. The lowest BCUT2D eigenvalue weighted by molar-refractivity contribution is -0.147. The van der Waals surface area contributed by atoms with E-state index in [1.165, 1.54) is 12.1 Å². The number of morpholine rings is 1. The van der Waals surface area contributed by atoms with Crippen molar-refractivity contribution in [3.8, 4) is 0 Å². The monoisotopic (exact) mass is 267 g/mol. The number of halogens is 1. The first kappa shape index (κ1) is 14.0. The van der Waals surface area contributed by atoms with Gasteiger partial charge in [-0.1, -0.05) is 19.1 Å². The lowest BCUT2D eigenvalue weighted by Gasteiger charge is -2.36. The molecule has 104 valence electrons. The maximum Gasteiger partial charge on any atom is 0.320 e. The number of benzene rings is 1. The highest BCUT2D eigenvalue weighted by molar-refractivity contribution is 5.73. The molecule has 1 N–H and O–H groups in total. The predicted octanol–water partition coefficient (Wildman–Crippen LogP) is 2.06. The highest BCUT2D eigenvalue weighted by Crippen LogP contribution is 2.24. The Kier molecular flexibility index (Phi) is 4.50. The summed E-state index contributed by atoms with van der Waals surface area (Å²) < 4.78 is 18.8. The Hall–Kier alpha value is -1.46. The zero-order valence-electron chi connectivity index (χ0n) is 10.9. The standard InChI is InChI=1S/C14H18FNO3/c1-2-12(14(17)18)16-6-7-19-13(9-16)10-4-3-5-11(15)8-10/h3-5,8,12-13H,2,6-7,9H2,1H3,(H,17,18)/t12-,13+/m1/s1. The number of carboxylic acid groups (broad SMARTS) is 1. The van der Waals surface area contributed by atoms with Crippen LogP contribution in [0, 0.1) is 5.82 Å². The number of hydrogen-bond acceptors (Lipinski definition) is 3. The number of hydrogen-bond donors (Lipinski definition) is 1. The van der Waals surface area contributed by atoms with E-state index >= 15 is 0 Å². The van der Waals surface area contributed by atoms with Gasteiger partial charge in [0.2, 0.25) is 0 Å². The van der Waals surface area contributed by atoms with E-state index in [-0.39, 0.29) is 11.9 Å². The highest BCUT2D eigenvalue weighted by atomic mass is 19.1. The summed E-state index contributed by atoms with van der Waals surface area (Å²) >= 11 is 0. The summed E-state index contributed by atoms with van der Waals surface area (Å²) in [6.45, 7) is 3.39. The molecule has 1 heterocycles. The van der Waals surface area contributed by atoms with Gasteiger partial charge in [0.05, 0.1) is 12.7 Å². The van der Waals surface area contributed by atoms with Crippen molar-refractivity contribution in [2.24, 2.45) is 0 Å².